The first kappa shape index (κ1) is 15.3. The summed E-state index contributed by atoms with van der Waals surface area (Å²) in [6.45, 7) is 6.60. The van der Waals surface area contributed by atoms with Crippen LogP contribution < -0.4 is 11.1 Å². The molecule has 1 aliphatic rings. The lowest BCUT2D eigenvalue weighted by molar-refractivity contribution is -0.119. The molecule has 20 heavy (non-hydrogen) atoms. The first-order valence-electron chi connectivity index (χ1n) is 7.09. The van der Waals surface area contributed by atoms with Crippen LogP contribution in [0.25, 0.3) is 0 Å². The number of nitrogens with zero attached hydrogens (tertiary/aromatic N) is 3. The van der Waals surface area contributed by atoms with Gasteiger partial charge in [0.15, 0.2) is 5.16 Å². The zero-order chi connectivity index (χ0) is 14.7. The lowest BCUT2D eigenvalue weighted by Gasteiger charge is -2.17. The summed E-state index contributed by atoms with van der Waals surface area (Å²) in [4.78, 5) is 11.9. The van der Waals surface area contributed by atoms with Crippen LogP contribution in [0.5, 0.6) is 0 Å². The van der Waals surface area contributed by atoms with E-state index in [1.165, 1.54) is 11.8 Å². The summed E-state index contributed by atoms with van der Waals surface area (Å²) in [5, 5.41) is 12.0. The van der Waals surface area contributed by atoms with Gasteiger partial charge in [-0.1, -0.05) is 25.6 Å². The Morgan fingerprint density at radius 2 is 2.15 bits per heavy atom. The number of carbonyl (C=O) groups excluding carboxylic acids is 1. The third-order valence-electron chi connectivity index (χ3n) is 3.55. The Morgan fingerprint density at radius 1 is 1.45 bits per heavy atom. The maximum Gasteiger partial charge on any atom is 0.230 e. The molecule has 1 aromatic heterocycles. The fraction of sp³-hybridized carbons (Fsp3) is 0.769. The van der Waals surface area contributed by atoms with Crippen molar-refractivity contribution >= 4 is 17.7 Å². The van der Waals surface area contributed by atoms with Crippen LogP contribution in [0.3, 0.4) is 0 Å². The third-order valence-corrected chi connectivity index (χ3v) is 4.49. The van der Waals surface area contributed by atoms with Crippen molar-refractivity contribution in [3.8, 4) is 0 Å². The van der Waals surface area contributed by atoms with Gasteiger partial charge in [0.25, 0.3) is 0 Å². The number of hydrogen-bond donors (Lipinski definition) is 2. The fourth-order valence-electron chi connectivity index (χ4n) is 1.84. The number of hydrogen-bond acceptors (Lipinski definition) is 5. The summed E-state index contributed by atoms with van der Waals surface area (Å²) in [5.74, 6) is 1.65. The SMILES string of the molecule is CC(C)C(C)NC(=O)CSc1nnc(CN)n1C1CC1. The van der Waals surface area contributed by atoms with Crippen molar-refractivity contribution in [2.75, 3.05) is 5.75 Å². The van der Waals surface area contributed by atoms with Crippen molar-refractivity contribution in [1.82, 2.24) is 20.1 Å². The summed E-state index contributed by atoms with van der Waals surface area (Å²) in [7, 11) is 0. The molecule has 112 valence electrons. The van der Waals surface area contributed by atoms with E-state index in [2.05, 4.69) is 33.9 Å². The molecular weight excluding hydrogens is 274 g/mol. The molecule has 1 aliphatic carbocycles. The van der Waals surface area contributed by atoms with Gasteiger partial charge in [-0.05, 0) is 25.7 Å². The molecule has 1 fully saturated rings. The Hall–Kier alpha value is -1.08. The van der Waals surface area contributed by atoms with E-state index in [1.807, 2.05) is 6.92 Å². The Morgan fingerprint density at radius 3 is 2.70 bits per heavy atom. The zero-order valence-corrected chi connectivity index (χ0v) is 13.1. The van der Waals surface area contributed by atoms with Crippen molar-refractivity contribution < 1.29 is 4.79 Å². The highest BCUT2D eigenvalue weighted by Crippen LogP contribution is 2.38. The van der Waals surface area contributed by atoms with Crippen LogP contribution in [0.4, 0.5) is 0 Å². The van der Waals surface area contributed by atoms with Crippen LogP contribution >= 0.6 is 11.8 Å². The average molecular weight is 297 g/mol. The molecule has 0 spiro atoms. The standard InChI is InChI=1S/C13H23N5OS/c1-8(2)9(3)15-12(19)7-20-13-17-16-11(6-14)18(13)10-4-5-10/h8-10H,4-7,14H2,1-3H3,(H,15,19). The second kappa shape index (κ2) is 6.58. The Bertz CT molecular complexity index is 469. The molecule has 0 aromatic carbocycles. The smallest absolute Gasteiger partial charge is 0.230 e. The van der Waals surface area contributed by atoms with E-state index in [9.17, 15) is 4.79 Å². The monoisotopic (exact) mass is 297 g/mol. The molecule has 0 radical (unpaired) electrons. The molecular formula is C13H23N5OS. The van der Waals surface area contributed by atoms with Crippen molar-refractivity contribution in [3.63, 3.8) is 0 Å². The van der Waals surface area contributed by atoms with Gasteiger partial charge in [-0.2, -0.15) is 0 Å². The summed E-state index contributed by atoms with van der Waals surface area (Å²) >= 11 is 1.44. The summed E-state index contributed by atoms with van der Waals surface area (Å²) in [5.41, 5.74) is 5.67. The van der Waals surface area contributed by atoms with Gasteiger partial charge in [-0.3, -0.25) is 4.79 Å². The van der Waals surface area contributed by atoms with E-state index in [4.69, 9.17) is 5.73 Å². The summed E-state index contributed by atoms with van der Waals surface area (Å²) < 4.78 is 2.09. The van der Waals surface area contributed by atoms with E-state index >= 15 is 0 Å². The minimum atomic E-state index is 0.0378. The molecule has 1 amide bonds. The number of rotatable bonds is 7. The van der Waals surface area contributed by atoms with Gasteiger partial charge in [-0.25, -0.2) is 0 Å². The van der Waals surface area contributed by atoms with Gasteiger partial charge in [0, 0.05) is 12.1 Å². The first-order valence-corrected chi connectivity index (χ1v) is 8.07. The Labute approximate surface area is 123 Å². The minimum Gasteiger partial charge on any atom is -0.353 e. The molecule has 6 nitrogen and oxygen atoms in total. The first-order chi connectivity index (χ1) is 9.52. The minimum absolute atomic E-state index is 0.0378. The van der Waals surface area contributed by atoms with E-state index in [-0.39, 0.29) is 11.9 Å². The van der Waals surface area contributed by atoms with Crippen LogP contribution in [0.15, 0.2) is 5.16 Å². The molecule has 1 aromatic rings. The summed E-state index contributed by atoms with van der Waals surface area (Å²) in [6, 6.07) is 0.660. The van der Waals surface area contributed by atoms with E-state index in [0.717, 1.165) is 23.8 Å². The quantitative estimate of drug-likeness (QED) is 0.741. The van der Waals surface area contributed by atoms with Gasteiger partial charge in [0.1, 0.15) is 5.82 Å². The normalized spacial score (nSPS) is 16.4. The van der Waals surface area contributed by atoms with Gasteiger partial charge in [-0.15, -0.1) is 10.2 Å². The molecule has 1 atom stereocenters. The Balaban J connectivity index is 1.91. The maximum atomic E-state index is 11.9. The van der Waals surface area contributed by atoms with Crippen LogP contribution in [0.2, 0.25) is 0 Å². The molecule has 0 aliphatic heterocycles. The molecule has 1 saturated carbocycles. The third kappa shape index (κ3) is 3.73. The fourth-order valence-corrected chi connectivity index (χ4v) is 2.67. The highest BCUT2D eigenvalue weighted by molar-refractivity contribution is 7.99. The average Bonchev–Trinajstić information content (AvgIpc) is 3.16. The lowest BCUT2D eigenvalue weighted by Crippen LogP contribution is -2.37. The van der Waals surface area contributed by atoms with Crippen molar-refractivity contribution in [1.29, 1.82) is 0 Å². The second-order valence-corrected chi connectivity index (χ2v) is 6.54. The van der Waals surface area contributed by atoms with Crippen LogP contribution in [0.1, 0.15) is 45.5 Å². The zero-order valence-electron chi connectivity index (χ0n) is 12.3. The highest BCUT2D eigenvalue weighted by atomic mass is 32.2. The Kier molecular flexibility index (Phi) is 5.04. The van der Waals surface area contributed by atoms with E-state index in [1.54, 1.807) is 0 Å². The molecule has 7 heteroatoms. The highest BCUT2D eigenvalue weighted by Gasteiger charge is 2.29. The van der Waals surface area contributed by atoms with E-state index < -0.39 is 0 Å². The number of thioether (sulfide) groups is 1. The maximum absolute atomic E-state index is 11.9. The lowest BCUT2D eigenvalue weighted by atomic mass is 10.1. The van der Waals surface area contributed by atoms with Crippen molar-refractivity contribution in [3.05, 3.63) is 5.82 Å². The van der Waals surface area contributed by atoms with Crippen molar-refractivity contribution in [2.24, 2.45) is 11.7 Å². The molecule has 0 bridgehead atoms. The molecule has 1 heterocycles. The van der Waals surface area contributed by atoms with Crippen molar-refractivity contribution in [2.45, 2.75) is 57.4 Å². The number of amides is 1. The van der Waals surface area contributed by atoms with Crippen LogP contribution in [-0.2, 0) is 11.3 Å². The molecule has 3 N–H and O–H groups in total. The van der Waals surface area contributed by atoms with Gasteiger partial charge >= 0.3 is 0 Å². The predicted molar refractivity (Wildman–Crippen MR) is 79.4 cm³/mol. The predicted octanol–water partition coefficient (Wildman–Crippen LogP) is 1.32. The van der Waals surface area contributed by atoms with E-state index in [0.29, 0.717) is 24.3 Å². The number of aromatic nitrogens is 3. The number of nitrogens with two attached hydrogens (primary N) is 1. The van der Waals surface area contributed by atoms with Crippen LogP contribution in [0, 0.1) is 5.92 Å². The largest absolute Gasteiger partial charge is 0.353 e. The molecule has 1 unspecified atom stereocenters. The second-order valence-electron chi connectivity index (χ2n) is 5.59. The number of carbonyl (C=O) groups is 1. The topological polar surface area (TPSA) is 85.8 Å². The number of nitrogens with one attached hydrogen (secondary N) is 1. The van der Waals surface area contributed by atoms with Gasteiger partial charge in [0.05, 0.1) is 12.3 Å². The van der Waals surface area contributed by atoms with Gasteiger partial charge < -0.3 is 15.6 Å². The van der Waals surface area contributed by atoms with Gasteiger partial charge in [0.2, 0.25) is 5.91 Å². The molecule has 2 rings (SSSR count). The molecule has 0 saturated heterocycles. The van der Waals surface area contributed by atoms with Crippen LogP contribution in [-0.4, -0.2) is 32.5 Å². The summed E-state index contributed by atoms with van der Waals surface area (Å²) in [6.07, 6.45) is 2.30.